The summed E-state index contributed by atoms with van der Waals surface area (Å²) in [6.45, 7) is 5.44. The Morgan fingerprint density at radius 1 is 1.50 bits per heavy atom. The van der Waals surface area contributed by atoms with E-state index in [1.807, 2.05) is 6.20 Å². The van der Waals surface area contributed by atoms with Crippen molar-refractivity contribution in [3.8, 4) is 0 Å². The van der Waals surface area contributed by atoms with Gasteiger partial charge < -0.3 is 9.88 Å². The van der Waals surface area contributed by atoms with Gasteiger partial charge in [0.25, 0.3) is 0 Å². The molecular weight excluding hydrogens is 242 g/mol. The minimum Gasteiger partial charge on any atom is -0.356 e. The van der Waals surface area contributed by atoms with Crippen LogP contribution in [0.3, 0.4) is 0 Å². The van der Waals surface area contributed by atoms with Crippen LogP contribution < -0.4 is 5.32 Å². The molecule has 2 heterocycles. The summed E-state index contributed by atoms with van der Waals surface area (Å²) in [6, 6.07) is 2.63. The molecule has 4 heteroatoms. The zero-order valence-electron chi connectivity index (χ0n) is 11.1. The van der Waals surface area contributed by atoms with E-state index in [9.17, 15) is 0 Å². The van der Waals surface area contributed by atoms with Gasteiger partial charge in [0.1, 0.15) is 0 Å². The lowest BCUT2D eigenvalue weighted by molar-refractivity contribution is 0.549. The van der Waals surface area contributed by atoms with Gasteiger partial charge in [0.05, 0.1) is 0 Å². The molecule has 2 aromatic heterocycles. The molecule has 1 unspecified atom stereocenters. The first-order valence-corrected chi connectivity index (χ1v) is 7.53. The van der Waals surface area contributed by atoms with Crippen LogP contribution in [0.1, 0.15) is 38.3 Å². The smallest absolute Gasteiger partial charge is 0.203 e. The lowest BCUT2D eigenvalue weighted by Crippen LogP contribution is -2.13. The summed E-state index contributed by atoms with van der Waals surface area (Å²) in [5.74, 6) is 0.992. The summed E-state index contributed by atoms with van der Waals surface area (Å²) in [5.41, 5.74) is 1.40. The first-order chi connectivity index (χ1) is 8.81. The molecule has 0 aromatic carbocycles. The van der Waals surface area contributed by atoms with E-state index in [0.29, 0.717) is 6.04 Å². The maximum atomic E-state index is 4.39. The highest BCUT2D eigenvalue weighted by Gasteiger charge is 2.10. The molecule has 0 aliphatic carbocycles. The third-order valence-corrected chi connectivity index (χ3v) is 3.80. The van der Waals surface area contributed by atoms with Crippen molar-refractivity contribution in [1.82, 2.24) is 9.55 Å². The van der Waals surface area contributed by atoms with Crippen molar-refractivity contribution in [3.63, 3.8) is 0 Å². The molecule has 0 aliphatic heterocycles. The van der Waals surface area contributed by atoms with Crippen molar-refractivity contribution >= 4 is 17.3 Å². The summed E-state index contributed by atoms with van der Waals surface area (Å²) in [4.78, 5) is 4.39. The second kappa shape index (κ2) is 6.59. The molecule has 0 aliphatic rings. The third kappa shape index (κ3) is 3.35. The van der Waals surface area contributed by atoms with Crippen LogP contribution >= 0.6 is 11.3 Å². The van der Waals surface area contributed by atoms with E-state index >= 15 is 0 Å². The van der Waals surface area contributed by atoms with Gasteiger partial charge in [-0.15, -0.1) is 0 Å². The highest BCUT2D eigenvalue weighted by atomic mass is 32.1. The van der Waals surface area contributed by atoms with E-state index in [1.54, 1.807) is 11.3 Å². The first-order valence-electron chi connectivity index (χ1n) is 6.59. The average Bonchev–Trinajstić information content (AvgIpc) is 3.00. The van der Waals surface area contributed by atoms with E-state index < -0.39 is 0 Å². The lowest BCUT2D eigenvalue weighted by atomic mass is 10.1. The molecule has 0 fully saturated rings. The molecule has 0 radical (unpaired) electrons. The summed E-state index contributed by atoms with van der Waals surface area (Å²) >= 11 is 1.76. The number of nitrogens with one attached hydrogen (secondary N) is 1. The van der Waals surface area contributed by atoms with Gasteiger partial charge in [-0.3, -0.25) is 0 Å². The SMILES string of the molecule is CCCCNc1nccn1C(C)Cc1ccsc1. The summed E-state index contributed by atoms with van der Waals surface area (Å²) in [5, 5.41) is 7.76. The van der Waals surface area contributed by atoms with Gasteiger partial charge in [0.15, 0.2) is 0 Å². The van der Waals surface area contributed by atoms with Gasteiger partial charge in [-0.05, 0) is 42.2 Å². The van der Waals surface area contributed by atoms with Gasteiger partial charge >= 0.3 is 0 Å². The Labute approximate surface area is 113 Å². The van der Waals surface area contributed by atoms with Crippen LogP contribution in [-0.2, 0) is 6.42 Å². The molecule has 1 atom stereocenters. The van der Waals surface area contributed by atoms with Crippen molar-refractivity contribution in [3.05, 3.63) is 34.8 Å². The van der Waals surface area contributed by atoms with Crippen molar-refractivity contribution in [2.45, 2.75) is 39.2 Å². The molecule has 0 spiro atoms. The van der Waals surface area contributed by atoms with Gasteiger partial charge in [-0.1, -0.05) is 13.3 Å². The van der Waals surface area contributed by atoms with Crippen LogP contribution in [0.25, 0.3) is 0 Å². The average molecular weight is 263 g/mol. The Bertz CT molecular complexity index is 447. The number of nitrogens with zero attached hydrogens (tertiary/aromatic N) is 2. The second-order valence-electron chi connectivity index (χ2n) is 4.62. The fourth-order valence-corrected chi connectivity index (χ4v) is 2.71. The molecule has 1 N–H and O–H groups in total. The molecule has 2 rings (SSSR count). The van der Waals surface area contributed by atoms with Crippen LogP contribution in [0.15, 0.2) is 29.2 Å². The molecule has 98 valence electrons. The normalized spacial score (nSPS) is 12.6. The predicted octanol–water partition coefficient (Wildman–Crippen LogP) is 3.96. The highest BCUT2D eigenvalue weighted by molar-refractivity contribution is 7.07. The predicted molar refractivity (Wildman–Crippen MR) is 78.4 cm³/mol. The van der Waals surface area contributed by atoms with E-state index in [0.717, 1.165) is 18.9 Å². The molecule has 2 aromatic rings. The van der Waals surface area contributed by atoms with E-state index in [4.69, 9.17) is 0 Å². The number of hydrogen-bond donors (Lipinski definition) is 1. The molecule has 0 saturated carbocycles. The number of thiophene rings is 1. The zero-order chi connectivity index (χ0) is 12.8. The maximum absolute atomic E-state index is 4.39. The Morgan fingerprint density at radius 3 is 3.11 bits per heavy atom. The minimum atomic E-state index is 0.436. The minimum absolute atomic E-state index is 0.436. The van der Waals surface area contributed by atoms with E-state index in [-0.39, 0.29) is 0 Å². The second-order valence-corrected chi connectivity index (χ2v) is 5.40. The Balaban J connectivity index is 1.97. The van der Waals surface area contributed by atoms with Crippen LogP contribution in [-0.4, -0.2) is 16.1 Å². The van der Waals surface area contributed by atoms with Gasteiger partial charge in [0, 0.05) is 25.0 Å². The largest absolute Gasteiger partial charge is 0.356 e. The van der Waals surface area contributed by atoms with Crippen molar-refractivity contribution in [1.29, 1.82) is 0 Å². The highest BCUT2D eigenvalue weighted by Crippen LogP contribution is 2.19. The van der Waals surface area contributed by atoms with Crippen molar-refractivity contribution < 1.29 is 0 Å². The zero-order valence-corrected chi connectivity index (χ0v) is 11.9. The monoisotopic (exact) mass is 263 g/mol. The van der Waals surface area contributed by atoms with Crippen molar-refractivity contribution in [2.24, 2.45) is 0 Å². The lowest BCUT2D eigenvalue weighted by Gasteiger charge is -2.16. The number of hydrogen-bond acceptors (Lipinski definition) is 3. The quantitative estimate of drug-likeness (QED) is 0.766. The van der Waals surface area contributed by atoms with Crippen molar-refractivity contribution in [2.75, 3.05) is 11.9 Å². The maximum Gasteiger partial charge on any atom is 0.203 e. The van der Waals surface area contributed by atoms with Crippen LogP contribution in [0.4, 0.5) is 5.95 Å². The van der Waals surface area contributed by atoms with Gasteiger partial charge in [0.2, 0.25) is 5.95 Å². The Morgan fingerprint density at radius 2 is 2.39 bits per heavy atom. The van der Waals surface area contributed by atoms with Crippen LogP contribution in [0.5, 0.6) is 0 Å². The van der Waals surface area contributed by atoms with Gasteiger partial charge in [-0.25, -0.2) is 4.98 Å². The number of aromatic nitrogens is 2. The molecule has 18 heavy (non-hydrogen) atoms. The van der Waals surface area contributed by atoms with E-state index in [1.165, 1.54) is 18.4 Å². The van der Waals surface area contributed by atoms with Gasteiger partial charge in [-0.2, -0.15) is 11.3 Å². The van der Waals surface area contributed by atoms with E-state index in [2.05, 4.69) is 51.7 Å². The van der Waals surface area contributed by atoms with Crippen LogP contribution in [0.2, 0.25) is 0 Å². The summed E-state index contributed by atoms with van der Waals surface area (Å²) in [7, 11) is 0. The Kier molecular flexibility index (Phi) is 4.81. The van der Waals surface area contributed by atoms with Crippen LogP contribution in [0, 0.1) is 0 Å². The third-order valence-electron chi connectivity index (χ3n) is 3.07. The molecule has 0 bridgehead atoms. The topological polar surface area (TPSA) is 29.9 Å². The fraction of sp³-hybridized carbons (Fsp3) is 0.500. The number of rotatable bonds is 7. The number of imidazole rings is 1. The first kappa shape index (κ1) is 13.1. The fourth-order valence-electron chi connectivity index (χ4n) is 2.03. The molecule has 3 nitrogen and oxygen atoms in total. The molecule has 0 amide bonds. The molecular formula is C14H21N3S. The number of anilines is 1. The summed E-state index contributed by atoms with van der Waals surface area (Å²) in [6.07, 6.45) is 7.38. The summed E-state index contributed by atoms with van der Waals surface area (Å²) < 4.78 is 2.23. The Hall–Kier alpha value is -1.29. The standard InChI is InChI=1S/C14H21N3S/c1-3-4-6-15-14-16-7-8-17(14)12(2)10-13-5-9-18-11-13/h5,7-9,11-12H,3-4,6,10H2,1-2H3,(H,15,16). The number of unbranched alkanes of at least 4 members (excludes halogenated alkanes) is 1. The molecule has 0 saturated heterocycles.